The van der Waals surface area contributed by atoms with Crippen LogP contribution in [0.25, 0.3) is 0 Å². The van der Waals surface area contributed by atoms with E-state index >= 15 is 0 Å². The van der Waals surface area contributed by atoms with Crippen LogP contribution in [0.15, 0.2) is 12.4 Å². The van der Waals surface area contributed by atoms with Crippen LogP contribution >= 0.6 is 0 Å². The van der Waals surface area contributed by atoms with Crippen LogP contribution in [0.4, 0.5) is 0 Å². The average molecular weight is 267 g/mol. The molecule has 0 spiro atoms. The smallest absolute Gasteiger partial charge is 0.216 e. The minimum atomic E-state index is 0.0645. The molecule has 6 heteroatoms. The van der Waals surface area contributed by atoms with Gasteiger partial charge in [0, 0.05) is 24.2 Å². The van der Waals surface area contributed by atoms with Crippen molar-refractivity contribution in [1.29, 1.82) is 0 Å². The summed E-state index contributed by atoms with van der Waals surface area (Å²) in [5, 5.41) is 3.43. The predicted octanol–water partition coefficient (Wildman–Crippen LogP) is 0.421. The fourth-order valence-corrected chi connectivity index (χ4v) is 2.16. The molecule has 1 aliphatic rings. The maximum Gasteiger partial charge on any atom is 0.216 e. The van der Waals surface area contributed by atoms with E-state index in [9.17, 15) is 0 Å². The topological polar surface area (TPSA) is 65.5 Å². The van der Waals surface area contributed by atoms with Crippen LogP contribution in [-0.4, -0.2) is 55.6 Å². The van der Waals surface area contributed by atoms with Gasteiger partial charge in [0.25, 0.3) is 0 Å². The van der Waals surface area contributed by atoms with Gasteiger partial charge in [-0.15, -0.1) is 0 Å². The Balaban J connectivity index is 2.01. The molecule has 2 rings (SSSR count). The lowest BCUT2D eigenvalue weighted by Crippen LogP contribution is -2.48. The van der Waals surface area contributed by atoms with Crippen molar-refractivity contribution in [2.75, 3.05) is 33.5 Å². The van der Waals surface area contributed by atoms with Gasteiger partial charge in [-0.05, 0) is 6.54 Å². The second kappa shape index (κ2) is 7.37. The normalized spacial score (nSPS) is 21.1. The van der Waals surface area contributed by atoms with Crippen molar-refractivity contribution >= 4 is 0 Å². The molecular formula is C13H21N3O3. The third-order valence-electron chi connectivity index (χ3n) is 3.09. The van der Waals surface area contributed by atoms with Crippen LogP contribution in [0.1, 0.15) is 12.6 Å². The molecule has 0 saturated carbocycles. The minimum absolute atomic E-state index is 0.0645. The zero-order valence-corrected chi connectivity index (χ0v) is 11.5. The van der Waals surface area contributed by atoms with Gasteiger partial charge in [0.1, 0.15) is 6.33 Å². The zero-order valence-electron chi connectivity index (χ0n) is 11.5. The first kappa shape index (κ1) is 14.2. The van der Waals surface area contributed by atoms with Gasteiger partial charge in [-0.1, -0.05) is 6.92 Å². The van der Waals surface area contributed by atoms with E-state index in [1.54, 1.807) is 7.11 Å². The predicted molar refractivity (Wildman–Crippen MR) is 70.3 cm³/mol. The number of hydrogen-bond donors (Lipinski definition) is 1. The van der Waals surface area contributed by atoms with Crippen molar-refractivity contribution in [2.45, 2.75) is 25.5 Å². The van der Waals surface area contributed by atoms with Crippen LogP contribution < -0.4 is 10.1 Å². The number of rotatable bonds is 6. The molecule has 2 atom stereocenters. The molecule has 0 amide bonds. The fraction of sp³-hybridized carbons (Fsp3) is 0.692. The number of nitrogens with zero attached hydrogens (tertiary/aromatic N) is 2. The van der Waals surface area contributed by atoms with Crippen LogP contribution in [-0.2, 0) is 15.9 Å². The lowest BCUT2D eigenvalue weighted by atomic mass is 10.0. The van der Waals surface area contributed by atoms with Gasteiger partial charge in [0.05, 0.1) is 33.0 Å². The molecule has 1 aromatic rings. The van der Waals surface area contributed by atoms with Crippen molar-refractivity contribution in [1.82, 2.24) is 15.3 Å². The maximum absolute atomic E-state index is 5.76. The first-order chi connectivity index (χ1) is 9.33. The Hall–Kier alpha value is -1.24. The van der Waals surface area contributed by atoms with E-state index < -0.39 is 0 Å². The summed E-state index contributed by atoms with van der Waals surface area (Å²) in [5.41, 5.74) is 0.937. The molecule has 0 bridgehead atoms. The molecular weight excluding hydrogens is 246 g/mol. The average Bonchev–Trinajstić information content (AvgIpc) is 2.48. The van der Waals surface area contributed by atoms with Gasteiger partial charge in [0.15, 0.2) is 0 Å². The summed E-state index contributed by atoms with van der Waals surface area (Å²) in [4.78, 5) is 8.29. The molecule has 106 valence electrons. The highest BCUT2D eigenvalue weighted by Gasteiger charge is 2.25. The monoisotopic (exact) mass is 267 g/mol. The standard InChI is InChI=1S/C13H21N3O3/c1-3-14-11(12-8-18-4-5-19-12)6-10-7-13(17-2)16-9-15-10/h7,9,11-12,14H,3-6,8H2,1-2H3. The molecule has 1 saturated heterocycles. The fourth-order valence-electron chi connectivity index (χ4n) is 2.16. The molecule has 1 aliphatic heterocycles. The minimum Gasteiger partial charge on any atom is -0.481 e. The number of hydrogen-bond acceptors (Lipinski definition) is 6. The van der Waals surface area contributed by atoms with E-state index in [-0.39, 0.29) is 12.1 Å². The number of nitrogens with one attached hydrogen (secondary N) is 1. The Bertz CT molecular complexity index is 383. The van der Waals surface area contributed by atoms with Crippen LogP contribution in [0, 0.1) is 0 Å². The first-order valence-corrected chi connectivity index (χ1v) is 6.61. The molecule has 1 fully saturated rings. The molecule has 0 radical (unpaired) electrons. The van der Waals surface area contributed by atoms with Crippen molar-refractivity contribution in [3.8, 4) is 5.88 Å². The summed E-state index contributed by atoms with van der Waals surface area (Å²) in [6, 6.07) is 2.04. The van der Waals surface area contributed by atoms with E-state index in [1.165, 1.54) is 6.33 Å². The highest BCUT2D eigenvalue weighted by molar-refractivity contribution is 5.14. The molecule has 0 aliphatic carbocycles. The Morgan fingerprint density at radius 1 is 1.47 bits per heavy atom. The molecule has 19 heavy (non-hydrogen) atoms. The molecule has 6 nitrogen and oxygen atoms in total. The Morgan fingerprint density at radius 2 is 2.37 bits per heavy atom. The van der Waals surface area contributed by atoms with E-state index in [1.807, 2.05) is 6.07 Å². The molecule has 1 N–H and O–H groups in total. The number of ether oxygens (including phenoxy) is 3. The van der Waals surface area contributed by atoms with Crippen molar-refractivity contribution in [3.63, 3.8) is 0 Å². The summed E-state index contributed by atoms with van der Waals surface area (Å²) >= 11 is 0. The van der Waals surface area contributed by atoms with E-state index in [0.29, 0.717) is 25.7 Å². The largest absolute Gasteiger partial charge is 0.481 e. The summed E-state index contributed by atoms with van der Waals surface area (Å²) in [7, 11) is 1.60. The van der Waals surface area contributed by atoms with Gasteiger partial charge in [-0.3, -0.25) is 0 Å². The van der Waals surface area contributed by atoms with Crippen LogP contribution in [0.3, 0.4) is 0 Å². The number of aromatic nitrogens is 2. The number of likely N-dealkylation sites (N-methyl/N-ethyl adjacent to an activating group) is 1. The van der Waals surface area contributed by atoms with Crippen LogP contribution in [0.2, 0.25) is 0 Å². The quantitative estimate of drug-likeness (QED) is 0.806. The van der Waals surface area contributed by atoms with Gasteiger partial charge >= 0.3 is 0 Å². The summed E-state index contributed by atoms with van der Waals surface area (Å²) in [6.45, 7) is 4.92. The van der Waals surface area contributed by atoms with Gasteiger partial charge in [-0.2, -0.15) is 0 Å². The van der Waals surface area contributed by atoms with E-state index in [0.717, 1.165) is 18.7 Å². The second-order valence-electron chi connectivity index (χ2n) is 4.40. The molecule has 1 aromatic heterocycles. The Labute approximate surface area is 113 Å². The van der Waals surface area contributed by atoms with Crippen molar-refractivity contribution in [3.05, 3.63) is 18.1 Å². The Kier molecular flexibility index (Phi) is 5.50. The Morgan fingerprint density at radius 3 is 3.05 bits per heavy atom. The van der Waals surface area contributed by atoms with E-state index in [2.05, 4.69) is 22.2 Å². The zero-order chi connectivity index (χ0) is 13.5. The van der Waals surface area contributed by atoms with Crippen molar-refractivity contribution < 1.29 is 14.2 Å². The second-order valence-corrected chi connectivity index (χ2v) is 4.40. The number of methoxy groups -OCH3 is 1. The van der Waals surface area contributed by atoms with Gasteiger partial charge in [0.2, 0.25) is 5.88 Å². The molecule has 2 unspecified atom stereocenters. The SMILES string of the molecule is CCNC(Cc1cc(OC)ncn1)C1COCCO1. The summed E-state index contributed by atoms with van der Waals surface area (Å²) < 4.78 is 16.3. The summed E-state index contributed by atoms with van der Waals surface area (Å²) in [6.07, 6.45) is 2.35. The van der Waals surface area contributed by atoms with Crippen molar-refractivity contribution in [2.24, 2.45) is 0 Å². The highest BCUT2D eigenvalue weighted by atomic mass is 16.6. The molecule has 0 aromatic carbocycles. The highest BCUT2D eigenvalue weighted by Crippen LogP contribution is 2.13. The van der Waals surface area contributed by atoms with Gasteiger partial charge in [-0.25, -0.2) is 9.97 Å². The first-order valence-electron chi connectivity index (χ1n) is 6.61. The third-order valence-corrected chi connectivity index (χ3v) is 3.09. The lowest BCUT2D eigenvalue weighted by molar-refractivity contribution is -0.101. The summed E-state index contributed by atoms with van der Waals surface area (Å²) in [5.74, 6) is 0.584. The third kappa shape index (κ3) is 4.12. The molecule has 2 heterocycles. The maximum atomic E-state index is 5.76. The lowest BCUT2D eigenvalue weighted by Gasteiger charge is -2.30. The van der Waals surface area contributed by atoms with E-state index in [4.69, 9.17) is 14.2 Å². The van der Waals surface area contributed by atoms with Gasteiger partial charge < -0.3 is 19.5 Å². The van der Waals surface area contributed by atoms with Crippen LogP contribution in [0.5, 0.6) is 5.88 Å².